The van der Waals surface area contributed by atoms with Crippen molar-refractivity contribution in [3.8, 4) is 0 Å². The van der Waals surface area contributed by atoms with Crippen molar-refractivity contribution in [2.24, 2.45) is 0 Å². The van der Waals surface area contributed by atoms with Crippen LogP contribution < -0.4 is 0 Å². The van der Waals surface area contributed by atoms with Crippen molar-refractivity contribution in [3.05, 3.63) is 48.0 Å². The van der Waals surface area contributed by atoms with Gasteiger partial charge in [0, 0.05) is 12.0 Å². The van der Waals surface area contributed by atoms with Crippen LogP contribution >= 0.6 is 0 Å². The van der Waals surface area contributed by atoms with Crippen molar-refractivity contribution in [3.63, 3.8) is 0 Å². The van der Waals surface area contributed by atoms with Gasteiger partial charge in [-0.3, -0.25) is 0 Å². The molecule has 0 amide bonds. The highest BCUT2D eigenvalue weighted by Gasteiger charge is 2.68. The van der Waals surface area contributed by atoms with Crippen LogP contribution in [0.1, 0.15) is 18.9 Å². The first-order valence-electron chi connectivity index (χ1n) is 8.80. The van der Waals surface area contributed by atoms with E-state index in [0.717, 1.165) is 6.92 Å². The van der Waals surface area contributed by atoms with E-state index in [-0.39, 0.29) is 5.56 Å². The van der Waals surface area contributed by atoms with Crippen LogP contribution in [0.25, 0.3) is 0 Å². The second kappa shape index (κ2) is 10.3. The van der Waals surface area contributed by atoms with Crippen molar-refractivity contribution in [2.75, 3.05) is 6.61 Å². The minimum atomic E-state index is -6.94. The number of carbonyl (C=O) groups excluding carboxylic acids is 2. The fourth-order valence-electron chi connectivity index (χ4n) is 2.07. The fourth-order valence-corrected chi connectivity index (χ4v) is 2.54. The van der Waals surface area contributed by atoms with Crippen LogP contribution in [-0.4, -0.2) is 54.7 Å². The molecular formula is C18H16F7O8S-. The molecule has 1 aromatic carbocycles. The van der Waals surface area contributed by atoms with E-state index in [9.17, 15) is 53.3 Å². The van der Waals surface area contributed by atoms with Crippen molar-refractivity contribution in [2.45, 2.75) is 43.1 Å². The molecule has 0 radical (unpaired) electrons. The Hall–Kier alpha value is -2.72. The van der Waals surface area contributed by atoms with Crippen LogP contribution in [0.4, 0.5) is 30.7 Å². The molecule has 0 fully saturated rings. The molecule has 0 aliphatic rings. The molecule has 192 valence electrons. The lowest BCUT2D eigenvalue weighted by Crippen LogP contribution is -2.59. The van der Waals surface area contributed by atoms with E-state index < -0.39 is 70.4 Å². The van der Waals surface area contributed by atoms with Crippen LogP contribution in [-0.2, 0) is 40.5 Å². The van der Waals surface area contributed by atoms with Crippen LogP contribution in [0, 0.1) is 0 Å². The lowest BCUT2D eigenvalue weighted by atomic mass is 10.2. The van der Waals surface area contributed by atoms with Crippen LogP contribution in [0.15, 0.2) is 42.5 Å². The first kappa shape index (κ1) is 29.3. The molecule has 0 N–H and O–H groups in total. The van der Waals surface area contributed by atoms with E-state index in [1.807, 2.05) is 0 Å². The molecule has 0 saturated heterocycles. The standard InChI is InChI=1S/C18H17F7O8S/c1-11(2)13(26)33-16(17(21,22)23,14(27)31-10-12-6-4-3-5-7-12)32-9-8-15(19,20)18(24,25)34(28,29)30/h3-7H,1,8-10H2,2H3,(H,28,29,30)/p-1. The zero-order valence-corrected chi connectivity index (χ0v) is 17.9. The zero-order valence-electron chi connectivity index (χ0n) is 17.0. The number of rotatable bonds is 11. The molecule has 0 aromatic heterocycles. The number of ether oxygens (including phenoxy) is 3. The Labute approximate surface area is 188 Å². The van der Waals surface area contributed by atoms with Gasteiger partial charge < -0.3 is 18.8 Å². The average Bonchev–Trinajstić information content (AvgIpc) is 2.69. The summed E-state index contributed by atoms with van der Waals surface area (Å²) in [6.07, 6.45) is -8.51. The molecule has 34 heavy (non-hydrogen) atoms. The smallest absolute Gasteiger partial charge is 0.468 e. The molecular weight excluding hydrogens is 509 g/mol. The molecule has 16 heteroatoms. The molecule has 1 unspecified atom stereocenters. The molecule has 1 aromatic rings. The van der Waals surface area contributed by atoms with Gasteiger partial charge in [0.15, 0.2) is 10.1 Å². The van der Waals surface area contributed by atoms with Crippen LogP contribution in [0.3, 0.4) is 0 Å². The van der Waals surface area contributed by atoms with Gasteiger partial charge in [-0.15, -0.1) is 0 Å². The quantitative estimate of drug-likeness (QED) is 0.142. The normalized spacial score (nSPS) is 14.7. The molecule has 0 saturated carbocycles. The fraction of sp³-hybridized carbons (Fsp3) is 0.444. The molecule has 1 atom stereocenters. The molecule has 1 rings (SSSR count). The van der Waals surface area contributed by atoms with Crippen molar-refractivity contribution in [1.29, 1.82) is 0 Å². The minimum absolute atomic E-state index is 0.144. The summed E-state index contributed by atoms with van der Waals surface area (Å²) in [7, 11) is -6.94. The van der Waals surface area contributed by atoms with Gasteiger partial charge in [-0.2, -0.15) is 30.7 Å². The molecule has 0 bridgehead atoms. The summed E-state index contributed by atoms with van der Waals surface area (Å²) in [5, 5.41) is -6.23. The molecule has 0 spiro atoms. The number of hydrogen-bond donors (Lipinski definition) is 0. The van der Waals surface area contributed by atoms with Gasteiger partial charge >= 0.3 is 35.1 Å². The first-order chi connectivity index (χ1) is 15.3. The van der Waals surface area contributed by atoms with Gasteiger partial charge in [0.1, 0.15) is 6.61 Å². The Morgan fingerprint density at radius 2 is 1.56 bits per heavy atom. The van der Waals surface area contributed by atoms with E-state index in [2.05, 4.69) is 20.8 Å². The highest BCUT2D eigenvalue weighted by molar-refractivity contribution is 7.86. The van der Waals surface area contributed by atoms with E-state index >= 15 is 0 Å². The second-order valence-electron chi connectivity index (χ2n) is 6.62. The van der Waals surface area contributed by atoms with Gasteiger partial charge in [0.2, 0.25) is 0 Å². The summed E-state index contributed by atoms with van der Waals surface area (Å²) in [5.74, 6) is -14.8. The lowest BCUT2D eigenvalue weighted by Gasteiger charge is -2.33. The van der Waals surface area contributed by atoms with Crippen LogP contribution in [0.2, 0.25) is 0 Å². The summed E-state index contributed by atoms with van der Waals surface area (Å²) in [6, 6.07) is 6.99. The molecule has 0 aliphatic carbocycles. The second-order valence-corrected chi connectivity index (χ2v) is 8.04. The first-order valence-corrected chi connectivity index (χ1v) is 10.2. The largest absolute Gasteiger partial charge is 0.743 e. The Morgan fingerprint density at radius 3 is 2.00 bits per heavy atom. The Kier molecular flexibility index (Phi) is 8.85. The summed E-state index contributed by atoms with van der Waals surface area (Å²) in [4.78, 5) is 24.0. The topological polar surface area (TPSA) is 119 Å². The Bertz CT molecular complexity index is 1010. The number of alkyl halides is 7. The van der Waals surface area contributed by atoms with Gasteiger partial charge in [-0.05, 0) is 12.5 Å². The van der Waals surface area contributed by atoms with Gasteiger partial charge in [-0.1, -0.05) is 36.9 Å². The van der Waals surface area contributed by atoms with Crippen LogP contribution in [0.5, 0.6) is 0 Å². The number of carbonyl (C=O) groups is 2. The summed E-state index contributed by atoms with van der Waals surface area (Å²) >= 11 is 0. The average molecular weight is 525 g/mol. The van der Waals surface area contributed by atoms with Crippen molar-refractivity contribution >= 4 is 22.1 Å². The highest BCUT2D eigenvalue weighted by atomic mass is 32.2. The summed E-state index contributed by atoms with van der Waals surface area (Å²) in [5.41, 5.74) is -0.563. The van der Waals surface area contributed by atoms with E-state index in [1.54, 1.807) is 0 Å². The van der Waals surface area contributed by atoms with Crippen molar-refractivity contribution < 1.29 is 67.5 Å². The predicted octanol–water partition coefficient (Wildman–Crippen LogP) is 3.29. The van der Waals surface area contributed by atoms with E-state index in [4.69, 9.17) is 0 Å². The lowest BCUT2D eigenvalue weighted by molar-refractivity contribution is -0.357. The Balaban J connectivity index is 3.28. The Morgan fingerprint density at radius 1 is 1.03 bits per heavy atom. The summed E-state index contributed by atoms with van der Waals surface area (Å²) < 4.78 is 139. The third-order valence-electron chi connectivity index (χ3n) is 3.90. The van der Waals surface area contributed by atoms with Gasteiger partial charge in [-0.25, -0.2) is 18.0 Å². The third-order valence-corrected chi connectivity index (χ3v) is 4.83. The molecule has 0 heterocycles. The summed E-state index contributed by atoms with van der Waals surface area (Å²) in [6.45, 7) is 0.860. The number of halogens is 7. The monoisotopic (exact) mass is 525 g/mol. The SMILES string of the molecule is C=C(C)C(=O)OC(OCCC(F)(F)C(F)(F)S(=O)(=O)[O-])(C(=O)OCc1ccccc1)C(F)(F)F. The number of hydrogen-bond acceptors (Lipinski definition) is 8. The van der Waals surface area contributed by atoms with Gasteiger partial charge in [0.05, 0.1) is 6.61 Å². The number of esters is 2. The maximum atomic E-state index is 13.8. The maximum Gasteiger partial charge on any atom is 0.468 e. The van der Waals surface area contributed by atoms with Gasteiger partial charge in [0.25, 0.3) is 0 Å². The van der Waals surface area contributed by atoms with E-state index in [1.165, 1.54) is 30.3 Å². The maximum absolute atomic E-state index is 13.8. The number of benzene rings is 1. The van der Waals surface area contributed by atoms with Crippen molar-refractivity contribution in [1.82, 2.24) is 0 Å². The molecule has 0 aliphatic heterocycles. The predicted molar refractivity (Wildman–Crippen MR) is 96.1 cm³/mol. The molecule has 8 nitrogen and oxygen atoms in total. The minimum Gasteiger partial charge on any atom is -0.743 e. The highest BCUT2D eigenvalue weighted by Crippen LogP contribution is 2.42. The zero-order chi connectivity index (χ0) is 26.6. The third kappa shape index (κ3) is 6.44. The van der Waals surface area contributed by atoms with E-state index in [0.29, 0.717) is 0 Å².